The quantitative estimate of drug-likeness (QED) is 0.583. The van der Waals surface area contributed by atoms with Crippen molar-refractivity contribution in [3.05, 3.63) is 53.6 Å². The summed E-state index contributed by atoms with van der Waals surface area (Å²) in [6.45, 7) is 0.853. The van der Waals surface area contributed by atoms with E-state index in [9.17, 15) is 4.79 Å². The molecule has 3 rings (SSSR count). The molecule has 0 saturated carbocycles. The highest BCUT2D eigenvalue weighted by Gasteiger charge is 2.19. The van der Waals surface area contributed by atoms with Crippen LogP contribution in [0.2, 0.25) is 0 Å². The number of anilines is 3. The highest BCUT2D eigenvalue weighted by molar-refractivity contribution is 6.00. The Morgan fingerprint density at radius 3 is 2.81 bits per heavy atom. The van der Waals surface area contributed by atoms with Gasteiger partial charge in [0, 0.05) is 12.2 Å². The number of benzene rings is 2. The second kappa shape index (κ2) is 5.87. The Bertz CT molecular complexity index is 653. The number of rotatable bonds is 5. The van der Waals surface area contributed by atoms with Gasteiger partial charge in [0.25, 0.3) is 0 Å². The maximum atomic E-state index is 11.4. The third kappa shape index (κ3) is 3.16. The molecule has 2 aromatic carbocycles. The van der Waals surface area contributed by atoms with E-state index in [2.05, 4.69) is 34.9 Å². The first-order chi connectivity index (χ1) is 10.2. The van der Waals surface area contributed by atoms with Crippen LogP contribution in [0.15, 0.2) is 42.5 Å². The standard InChI is InChI=1S/C17H19N3O/c18-14-9-13-10-17(21)20-15(13)11-16(14)19-8-4-7-12-5-2-1-3-6-12/h1-3,5-6,9,11,19H,4,7-8,10,18H2,(H,20,21). The fourth-order valence-corrected chi connectivity index (χ4v) is 2.61. The van der Waals surface area contributed by atoms with Crippen LogP contribution in [-0.4, -0.2) is 12.5 Å². The van der Waals surface area contributed by atoms with Gasteiger partial charge in [-0.25, -0.2) is 0 Å². The summed E-state index contributed by atoms with van der Waals surface area (Å²) in [6.07, 6.45) is 2.50. The molecule has 0 aromatic heterocycles. The van der Waals surface area contributed by atoms with Gasteiger partial charge in [-0.3, -0.25) is 4.79 Å². The smallest absolute Gasteiger partial charge is 0.228 e. The number of nitrogens with one attached hydrogen (secondary N) is 2. The predicted molar refractivity (Wildman–Crippen MR) is 86.4 cm³/mol. The van der Waals surface area contributed by atoms with Crippen LogP contribution in [0.4, 0.5) is 17.1 Å². The molecule has 1 heterocycles. The van der Waals surface area contributed by atoms with Crippen molar-refractivity contribution in [1.29, 1.82) is 0 Å². The van der Waals surface area contributed by atoms with Crippen LogP contribution in [0.5, 0.6) is 0 Å². The summed E-state index contributed by atoms with van der Waals surface area (Å²) in [6, 6.07) is 14.2. The maximum absolute atomic E-state index is 11.4. The molecule has 2 aromatic rings. The molecule has 0 bridgehead atoms. The van der Waals surface area contributed by atoms with Gasteiger partial charge in [0.2, 0.25) is 5.91 Å². The molecular weight excluding hydrogens is 262 g/mol. The van der Waals surface area contributed by atoms with Gasteiger partial charge in [-0.2, -0.15) is 0 Å². The minimum absolute atomic E-state index is 0.0330. The van der Waals surface area contributed by atoms with Crippen LogP contribution in [0.1, 0.15) is 17.5 Å². The van der Waals surface area contributed by atoms with E-state index in [1.54, 1.807) is 0 Å². The molecule has 1 aliphatic heterocycles. The predicted octanol–water partition coefficient (Wildman–Crippen LogP) is 2.81. The molecule has 0 radical (unpaired) electrons. The number of carbonyl (C=O) groups excluding carboxylic acids is 1. The van der Waals surface area contributed by atoms with Gasteiger partial charge in [0.05, 0.1) is 17.8 Å². The molecule has 108 valence electrons. The summed E-state index contributed by atoms with van der Waals surface area (Å²) >= 11 is 0. The molecular formula is C17H19N3O. The molecule has 4 nitrogen and oxygen atoms in total. The molecule has 0 fully saturated rings. The summed E-state index contributed by atoms with van der Waals surface area (Å²) < 4.78 is 0. The van der Waals surface area contributed by atoms with Crippen molar-refractivity contribution in [2.45, 2.75) is 19.3 Å². The van der Waals surface area contributed by atoms with Crippen LogP contribution in [0, 0.1) is 0 Å². The maximum Gasteiger partial charge on any atom is 0.228 e. The van der Waals surface area contributed by atoms with Crippen molar-refractivity contribution < 1.29 is 4.79 Å². The summed E-state index contributed by atoms with van der Waals surface area (Å²) in [5.74, 6) is 0.0330. The van der Waals surface area contributed by atoms with Crippen molar-refractivity contribution in [2.75, 3.05) is 22.9 Å². The van der Waals surface area contributed by atoms with Crippen LogP contribution in [0.3, 0.4) is 0 Å². The summed E-state index contributed by atoms with van der Waals surface area (Å²) in [5, 5.41) is 6.20. The fraction of sp³-hybridized carbons (Fsp3) is 0.235. The third-order valence-electron chi connectivity index (χ3n) is 3.70. The normalized spacial score (nSPS) is 12.9. The van der Waals surface area contributed by atoms with E-state index in [0.29, 0.717) is 12.1 Å². The lowest BCUT2D eigenvalue weighted by atomic mass is 10.1. The van der Waals surface area contributed by atoms with Gasteiger partial charge in [0.1, 0.15) is 0 Å². The van der Waals surface area contributed by atoms with Crippen LogP contribution >= 0.6 is 0 Å². The van der Waals surface area contributed by atoms with Crippen LogP contribution in [-0.2, 0) is 17.6 Å². The molecule has 21 heavy (non-hydrogen) atoms. The topological polar surface area (TPSA) is 67.2 Å². The highest BCUT2D eigenvalue weighted by Crippen LogP contribution is 2.31. The SMILES string of the molecule is Nc1cc2c(cc1NCCCc1ccccc1)NC(=O)C2. The lowest BCUT2D eigenvalue weighted by Crippen LogP contribution is -2.06. The lowest BCUT2D eigenvalue weighted by Gasteiger charge is -2.11. The molecule has 0 saturated heterocycles. The number of fused-ring (bicyclic) bond motifs is 1. The number of hydrogen-bond donors (Lipinski definition) is 3. The van der Waals surface area contributed by atoms with E-state index in [-0.39, 0.29) is 5.91 Å². The summed E-state index contributed by atoms with van der Waals surface area (Å²) in [4.78, 5) is 11.4. The van der Waals surface area contributed by atoms with Gasteiger partial charge < -0.3 is 16.4 Å². The number of nitrogens with two attached hydrogens (primary N) is 1. The third-order valence-corrected chi connectivity index (χ3v) is 3.70. The van der Waals surface area contributed by atoms with Crippen molar-refractivity contribution in [2.24, 2.45) is 0 Å². The average Bonchev–Trinajstić information content (AvgIpc) is 2.83. The number of aryl methyl sites for hydroxylation is 1. The van der Waals surface area contributed by atoms with E-state index < -0.39 is 0 Å². The second-order valence-corrected chi connectivity index (χ2v) is 5.34. The molecule has 1 aliphatic rings. The van der Waals surface area contributed by atoms with E-state index in [1.165, 1.54) is 5.56 Å². The van der Waals surface area contributed by atoms with Crippen LogP contribution in [0.25, 0.3) is 0 Å². The van der Waals surface area contributed by atoms with E-state index >= 15 is 0 Å². The van der Waals surface area contributed by atoms with E-state index in [4.69, 9.17) is 5.73 Å². The van der Waals surface area contributed by atoms with Gasteiger partial charge in [-0.15, -0.1) is 0 Å². The largest absolute Gasteiger partial charge is 0.397 e. The first-order valence-corrected chi connectivity index (χ1v) is 7.22. The first kappa shape index (κ1) is 13.5. The minimum atomic E-state index is 0.0330. The number of nitrogen functional groups attached to an aromatic ring is 1. The van der Waals surface area contributed by atoms with Crippen molar-refractivity contribution in [3.63, 3.8) is 0 Å². The van der Waals surface area contributed by atoms with Crippen molar-refractivity contribution in [1.82, 2.24) is 0 Å². The Balaban J connectivity index is 1.56. The van der Waals surface area contributed by atoms with E-state index in [1.807, 2.05) is 18.2 Å². The van der Waals surface area contributed by atoms with Gasteiger partial charge in [0.15, 0.2) is 0 Å². The molecule has 1 amide bonds. The Hall–Kier alpha value is -2.49. The number of amides is 1. The zero-order valence-corrected chi connectivity index (χ0v) is 11.9. The molecule has 0 spiro atoms. The Kier molecular flexibility index (Phi) is 3.77. The van der Waals surface area contributed by atoms with Crippen molar-refractivity contribution >= 4 is 23.0 Å². The fourth-order valence-electron chi connectivity index (χ4n) is 2.61. The van der Waals surface area contributed by atoms with Crippen LogP contribution < -0.4 is 16.4 Å². The first-order valence-electron chi connectivity index (χ1n) is 7.22. The molecule has 4 heteroatoms. The molecule has 0 atom stereocenters. The second-order valence-electron chi connectivity index (χ2n) is 5.34. The average molecular weight is 281 g/mol. The monoisotopic (exact) mass is 281 g/mol. The molecule has 0 unspecified atom stereocenters. The lowest BCUT2D eigenvalue weighted by molar-refractivity contribution is -0.115. The number of carbonyl (C=O) groups is 1. The molecule has 0 aliphatic carbocycles. The zero-order valence-electron chi connectivity index (χ0n) is 11.9. The van der Waals surface area contributed by atoms with Gasteiger partial charge in [-0.1, -0.05) is 30.3 Å². The minimum Gasteiger partial charge on any atom is -0.397 e. The van der Waals surface area contributed by atoms with Gasteiger partial charge in [-0.05, 0) is 36.1 Å². The Morgan fingerprint density at radius 2 is 2.00 bits per heavy atom. The van der Waals surface area contributed by atoms with E-state index in [0.717, 1.165) is 36.3 Å². The van der Waals surface area contributed by atoms with Crippen molar-refractivity contribution in [3.8, 4) is 0 Å². The molecule has 4 N–H and O–H groups in total. The highest BCUT2D eigenvalue weighted by atomic mass is 16.1. The zero-order chi connectivity index (χ0) is 14.7. The Labute approximate surface area is 124 Å². The number of hydrogen-bond acceptors (Lipinski definition) is 3. The summed E-state index contributed by atoms with van der Waals surface area (Å²) in [5.41, 5.74) is 10.8. The Morgan fingerprint density at radius 1 is 1.19 bits per heavy atom. The summed E-state index contributed by atoms with van der Waals surface area (Å²) in [7, 11) is 0. The van der Waals surface area contributed by atoms with Gasteiger partial charge >= 0.3 is 0 Å².